The molecule has 0 atom stereocenters. The van der Waals surface area contributed by atoms with Gasteiger partial charge in [0.2, 0.25) is 0 Å². The SMILES string of the molecule is COc1ccc(C2(CN)CCCCC2)cc1OC1CS(=O)(=O)C1. The van der Waals surface area contributed by atoms with Gasteiger partial charge >= 0.3 is 0 Å². The molecule has 1 saturated carbocycles. The molecule has 1 heterocycles. The van der Waals surface area contributed by atoms with Gasteiger partial charge < -0.3 is 15.2 Å². The van der Waals surface area contributed by atoms with Crippen molar-refractivity contribution in [2.45, 2.75) is 43.6 Å². The van der Waals surface area contributed by atoms with Crippen LogP contribution in [0.2, 0.25) is 0 Å². The summed E-state index contributed by atoms with van der Waals surface area (Å²) in [6, 6.07) is 5.98. The van der Waals surface area contributed by atoms with Crippen LogP contribution in [0.1, 0.15) is 37.7 Å². The number of benzene rings is 1. The van der Waals surface area contributed by atoms with Gasteiger partial charge in [0.05, 0.1) is 18.6 Å². The van der Waals surface area contributed by atoms with Gasteiger partial charge in [0.15, 0.2) is 21.3 Å². The Kier molecular flexibility index (Phi) is 4.56. The second-order valence-electron chi connectivity index (χ2n) is 6.73. The molecule has 1 aromatic carbocycles. The maximum Gasteiger partial charge on any atom is 0.161 e. The van der Waals surface area contributed by atoms with Gasteiger partial charge in [-0.1, -0.05) is 25.3 Å². The molecule has 1 aliphatic heterocycles. The molecular weight excluding hydrogens is 314 g/mol. The van der Waals surface area contributed by atoms with E-state index >= 15 is 0 Å². The number of ether oxygens (including phenoxy) is 2. The minimum atomic E-state index is -2.90. The van der Waals surface area contributed by atoms with Crippen LogP contribution >= 0.6 is 0 Å². The Balaban J connectivity index is 1.86. The fourth-order valence-corrected chi connectivity index (χ4v) is 4.87. The first-order valence-corrected chi connectivity index (χ1v) is 10.1. The minimum absolute atomic E-state index is 0.00826. The zero-order valence-corrected chi connectivity index (χ0v) is 14.4. The normalized spacial score (nSPS) is 23.0. The first-order valence-electron chi connectivity index (χ1n) is 8.24. The van der Waals surface area contributed by atoms with Crippen LogP contribution in [-0.4, -0.2) is 39.7 Å². The van der Waals surface area contributed by atoms with E-state index in [2.05, 4.69) is 6.07 Å². The number of sulfone groups is 1. The topological polar surface area (TPSA) is 78.6 Å². The molecule has 0 amide bonds. The van der Waals surface area contributed by atoms with Crippen LogP contribution in [0.4, 0.5) is 0 Å². The third-order valence-corrected chi connectivity index (χ3v) is 6.91. The highest BCUT2D eigenvalue weighted by molar-refractivity contribution is 7.92. The summed E-state index contributed by atoms with van der Waals surface area (Å²) < 4.78 is 33.9. The lowest BCUT2D eigenvalue weighted by Crippen LogP contribution is -2.45. The van der Waals surface area contributed by atoms with Crippen molar-refractivity contribution in [1.82, 2.24) is 0 Å². The van der Waals surface area contributed by atoms with Crippen LogP contribution in [-0.2, 0) is 15.3 Å². The second kappa shape index (κ2) is 6.32. The fraction of sp³-hybridized carbons (Fsp3) is 0.647. The Morgan fingerprint density at radius 1 is 1.17 bits per heavy atom. The molecule has 2 fully saturated rings. The van der Waals surface area contributed by atoms with E-state index in [9.17, 15) is 8.42 Å². The monoisotopic (exact) mass is 339 g/mol. The van der Waals surface area contributed by atoms with E-state index in [-0.39, 0.29) is 23.0 Å². The van der Waals surface area contributed by atoms with Crippen molar-refractivity contribution in [1.29, 1.82) is 0 Å². The first-order chi connectivity index (χ1) is 11.0. The van der Waals surface area contributed by atoms with Crippen molar-refractivity contribution in [2.75, 3.05) is 25.2 Å². The van der Waals surface area contributed by atoms with Crippen molar-refractivity contribution < 1.29 is 17.9 Å². The van der Waals surface area contributed by atoms with Gasteiger partial charge in [0.25, 0.3) is 0 Å². The zero-order valence-electron chi connectivity index (χ0n) is 13.6. The lowest BCUT2D eigenvalue weighted by molar-refractivity contribution is 0.218. The summed E-state index contributed by atoms with van der Waals surface area (Å²) in [6.45, 7) is 0.622. The lowest BCUT2D eigenvalue weighted by Gasteiger charge is -2.37. The van der Waals surface area contributed by atoms with Gasteiger partial charge in [-0.3, -0.25) is 0 Å². The minimum Gasteiger partial charge on any atom is -0.493 e. The lowest BCUT2D eigenvalue weighted by atomic mass is 9.69. The van der Waals surface area contributed by atoms with Crippen LogP contribution in [0.3, 0.4) is 0 Å². The number of rotatable bonds is 5. The van der Waals surface area contributed by atoms with E-state index in [0.29, 0.717) is 18.0 Å². The van der Waals surface area contributed by atoms with E-state index in [1.54, 1.807) is 7.11 Å². The molecule has 6 heteroatoms. The standard InChI is InChI=1S/C17H25NO4S/c1-21-15-6-5-13(17(12-18)7-3-2-4-8-17)9-16(15)22-14-10-23(19,20)11-14/h5-6,9,14H,2-4,7-8,10-12,18H2,1H3. The number of hydrogen-bond acceptors (Lipinski definition) is 5. The molecule has 2 N–H and O–H groups in total. The van der Waals surface area contributed by atoms with Gasteiger partial charge in [-0.15, -0.1) is 0 Å². The van der Waals surface area contributed by atoms with Crippen molar-refractivity contribution in [3.63, 3.8) is 0 Å². The number of nitrogens with two attached hydrogens (primary N) is 1. The van der Waals surface area contributed by atoms with Crippen LogP contribution in [0.5, 0.6) is 11.5 Å². The molecule has 0 bridgehead atoms. The van der Waals surface area contributed by atoms with Gasteiger partial charge in [-0.05, 0) is 30.5 Å². The van der Waals surface area contributed by atoms with Crippen molar-refractivity contribution in [2.24, 2.45) is 5.73 Å². The second-order valence-corrected chi connectivity index (χ2v) is 8.88. The summed E-state index contributed by atoms with van der Waals surface area (Å²) in [5, 5.41) is 0. The Labute approximate surface area is 138 Å². The number of hydrogen-bond donors (Lipinski definition) is 1. The van der Waals surface area contributed by atoms with Crippen LogP contribution in [0, 0.1) is 0 Å². The molecule has 23 heavy (non-hydrogen) atoms. The van der Waals surface area contributed by atoms with E-state index < -0.39 is 9.84 Å². The first kappa shape index (κ1) is 16.6. The van der Waals surface area contributed by atoms with E-state index in [0.717, 1.165) is 12.8 Å². The maximum absolute atomic E-state index is 11.3. The molecule has 3 rings (SSSR count). The Bertz CT molecular complexity index is 653. The molecule has 128 valence electrons. The fourth-order valence-electron chi connectivity index (χ4n) is 3.70. The highest BCUT2D eigenvalue weighted by atomic mass is 32.2. The summed E-state index contributed by atoms with van der Waals surface area (Å²) in [7, 11) is -1.31. The molecule has 0 aromatic heterocycles. The van der Waals surface area contributed by atoms with Crippen molar-refractivity contribution in [3.8, 4) is 11.5 Å². The predicted octanol–water partition coefficient (Wildman–Crippen LogP) is 2.03. The quantitative estimate of drug-likeness (QED) is 0.888. The summed E-state index contributed by atoms with van der Waals surface area (Å²) in [6.07, 6.45) is 5.56. The van der Waals surface area contributed by atoms with E-state index in [4.69, 9.17) is 15.2 Å². The summed E-state index contributed by atoms with van der Waals surface area (Å²) in [4.78, 5) is 0. The van der Waals surface area contributed by atoms with Gasteiger partial charge in [0.1, 0.15) is 6.10 Å². The average molecular weight is 339 g/mol. The van der Waals surface area contributed by atoms with Crippen LogP contribution in [0.25, 0.3) is 0 Å². The Hall–Kier alpha value is -1.27. The highest BCUT2D eigenvalue weighted by Crippen LogP contribution is 2.42. The molecule has 1 aromatic rings. The van der Waals surface area contributed by atoms with Crippen LogP contribution < -0.4 is 15.2 Å². The van der Waals surface area contributed by atoms with E-state index in [1.807, 2.05) is 12.1 Å². The molecule has 5 nitrogen and oxygen atoms in total. The third kappa shape index (κ3) is 3.33. The van der Waals surface area contributed by atoms with Crippen molar-refractivity contribution >= 4 is 9.84 Å². The van der Waals surface area contributed by atoms with Crippen LogP contribution in [0.15, 0.2) is 18.2 Å². The molecule has 1 aliphatic carbocycles. The maximum atomic E-state index is 11.3. The van der Waals surface area contributed by atoms with Gasteiger partial charge in [-0.25, -0.2) is 8.42 Å². The summed E-state index contributed by atoms with van der Waals surface area (Å²) in [5.41, 5.74) is 7.30. The molecule has 0 unspecified atom stereocenters. The third-order valence-electron chi connectivity index (χ3n) is 5.15. The molecule has 2 aliphatic rings. The van der Waals surface area contributed by atoms with E-state index in [1.165, 1.54) is 24.8 Å². The predicted molar refractivity (Wildman–Crippen MR) is 89.9 cm³/mol. The molecular formula is C17H25NO4S. The molecule has 0 spiro atoms. The largest absolute Gasteiger partial charge is 0.493 e. The summed E-state index contributed by atoms with van der Waals surface area (Å²) >= 11 is 0. The zero-order chi connectivity index (χ0) is 16.5. The molecule has 1 saturated heterocycles. The van der Waals surface area contributed by atoms with Gasteiger partial charge in [0, 0.05) is 12.0 Å². The average Bonchev–Trinajstić information content (AvgIpc) is 2.53. The number of methoxy groups -OCH3 is 1. The summed E-state index contributed by atoms with van der Waals surface area (Å²) in [5.74, 6) is 1.44. The highest BCUT2D eigenvalue weighted by Gasteiger charge is 2.37. The smallest absolute Gasteiger partial charge is 0.161 e. The van der Waals surface area contributed by atoms with Gasteiger partial charge in [-0.2, -0.15) is 0 Å². The molecule has 0 radical (unpaired) electrons. The Morgan fingerprint density at radius 2 is 1.87 bits per heavy atom. The van der Waals surface area contributed by atoms with Crippen molar-refractivity contribution in [3.05, 3.63) is 23.8 Å². The Morgan fingerprint density at radius 3 is 2.43 bits per heavy atom.